The highest BCUT2D eigenvalue weighted by Gasteiger charge is 2.30. The maximum atomic E-state index is 13.6. The first-order chi connectivity index (χ1) is 16.9. The second-order valence-electron chi connectivity index (χ2n) is 8.81. The van der Waals surface area contributed by atoms with Crippen molar-refractivity contribution < 1.29 is 9.59 Å². The molecule has 184 valence electrons. The summed E-state index contributed by atoms with van der Waals surface area (Å²) in [6.07, 6.45) is 0.807. The van der Waals surface area contributed by atoms with Crippen LogP contribution in [0.2, 0.25) is 5.02 Å². The highest BCUT2D eigenvalue weighted by Crippen LogP contribution is 2.20. The molecule has 3 aromatic rings. The second-order valence-corrected chi connectivity index (χ2v) is 10.4. The van der Waals surface area contributed by atoms with E-state index in [1.54, 1.807) is 16.7 Å². The zero-order valence-electron chi connectivity index (χ0n) is 20.3. The molecule has 4 nitrogen and oxygen atoms in total. The molecule has 0 fully saturated rings. The maximum absolute atomic E-state index is 13.6. The SMILES string of the molecule is CC(C)NC(=O)[C@H](Cc1ccccc1)N(Cc1cccc(Cl)c1)C(=O)CCSCc1ccccc1. The molecule has 0 spiro atoms. The van der Waals surface area contributed by atoms with Gasteiger partial charge in [0.25, 0.3) is 0 Å². The third kappa shape index (κ3) is 9.08. The number of carbonyl (C=O) groups is 2. The Labute approximate surface area is 218 Å². The molecule has 0 saturated heterocycles. The Kier molecular flexibility index (Phi) is 10.7. The summed E-state index contributed by atoms with van der Waals surface area (Å²) in [4.78, 5) is 28.6. The van der Waals surface area contributed by atoms with E-state index in [-0.39, 0.29) is 17.9 Å². The molecule has 35 heavy (non-hydrogen) atoms. The fraction of sp³-hybridized carbons (Fsp3) is 0.310. The molecule has 6 heteroatoms. The third-order valence-corrected chi connectivity index (χ3v) is 6.78. The van der Waals surface area contributed by atoms with Gasteiger partial charge < -0.3 is 10.2 Å². The van der Waals surface area contributed by atoms with Crippen LogP contribution in [0.15, 0.2) is 84.9 Å². The van der Waals surface area contributed by atoms with E-state index in [1.807, 2.05) is 86.6 Å². The Hall–Kier alpha value is -2.76. The molecule has 0 aliphatic heterocycles. The van der Waals surface area contributed by atoms with Crippen LogP contribution >= 0.6 is 23.4 Å². The number of carbonyl (C=O) groups excluding carboxylic acids is 2. The molecule has 0 bridgehead atoms. The lowest BCUT2D eigenvalue weighted by atomic mass is 10.0. The Bertz CT molecular complexity index is 1080. The molecule has 0 aromatic heterocycles. The van der Waals surface area contributed by atoms with E-state index < -0.39 is 6.04 Å². The van der Waals surface area contributed by atoms with Gasteiger partial charge in [-0.05, 0) is 42.7 Å². The first kappa shape index (κ1) is 26.8. The molecule has 1 atom stereocenters. The summed E-state index contributed by atoms with van der Waals surface area (Å²) in [6, 6.07) is 26.9. The Morgan fingerprint density at radius 1 is 0.886 bits per heavy atom. The van der Waals surface area contributed by atoms with Crippen LogP contribution in [0.1, 0.15) is 37.0 Å². The van der Waals surface area contributed by atoms with Crippen LogP contribution in [-0.4, -0.2) is 34.6 Å². The van der Waals surface area contributed by atoms with E-state index >= 15 is 0 Å². The van der Waals surface area contributed by atoms with Crippen molar-refractivity contribution in [3.63, 3.8) is 0 Å². The van der Waals surface area contributed by atoms with Gasteiger partial charge in [-0.3, -0.25) is 9.59 Å². The predicted octanol–water partition coefficient (Wildman–Crippen LogP) is 6.13. The highest BCUT2D eigenvalue weighted by atomic mass is 35.5. The highest BCUT2D eigenvalue weighted by molar-refractivity contribution is 7.98. The summed E-state index contributed by atoms with van der Waals surface area (Å²) in [5.41, 5.74) is 3.15. The topological polar surface area (TPSA) is 49.4 Å². The number of nitrogens with zero attached hydrogens (tertiary/aromatic N) is 1. The van der Waals surface area contributed by atoms with Gasteiger partial charge in [0.05, 0.1) is 0 Å². The minimum absolute atomic E-state index is 0.0228. The molecule has 0 saturated carbocycles. The van der Waals surface area contributed by atoms with Crippen molar-refractivity contribution in [1.82, 2.24) is 10.2 Å². The molecule has 0 unspecified atom stereocenters. The van der Waals surface area contributed by atoms with Crippen LogP contribution in [0.4, 0.5) is 0 Å². The number of benzene rings is 3. The minimum atomic E-state index is -0.620. The largest absolute Gasteiger partial charge is 0.352 e. The Morgan fingerprint density at radius 3 is 2.14 bits per heavy atom. The lowest BCUT2D eigenvalue weighted by molar-refractivity contribution is -0.141. The van der Waals surface area contributed by atoms with Gasteiger partial charge in [-0.1, -0.05) is 84.4 Å². The molecule has 0 aliphatic carbocycles. The van der Waals surface area contributed by atoms with E-state index in [1.165, 1.54) is 5.56 Å². The fourth-order valence-corrected chi connectivity index (χ4v) is 4.94. The normalized spacial score (nSPS) is 11.8. The van der Waals surface area contributed by atoms with Crippen LogP contribution in [-0.2, 0) is 28.3 Å². The lowest BCUT2D eigenvalue weighted by Gasteiger charge is -2.32. The van der Waals surface area contributed by atoms with Gasteiger partial charge in [0.15, 0.2) is 0 Å². The molecule has 0 heterocycles. The lowest BCUT2D eigenvalue weighted by Crippen LogP contribution is -2.51. The quantitative estimate of drug-likeness (QED) is 0.299. The zero-order valence-corrected chi connectivity index (χ0v) is 21.9. The van der Waals surface area contributed by atoms with Gasteiger partial charge in [0.2, 0.25) is 11.8 Å². The van der Waals surface area contributed by atoms with Crippen molar-refractivity contribution in [3.05, 3.63) is 107 Å². The van der Waals surface area contributed by atoms with E-state index in [9.17, 15) is 9.59 Å². The van der Waals surface area contributed by atoms with Crippen LogP contribution in [0.5, 0.6) is 0 Å². The minimum Gasteiger partial charge on any atom is -0.352 e. The summed E-state index contributed by atoms with van der Waals surface area (Å²) in [5.74, 6) is 1.36. The number of amides is 2. The maximum Gasteiger partial charge on any atom is 0.243 e. The molecule has 3 aromatic carbocycles. The fourth-order valence-electron chi connectivity index (χ4n) is 3.83. The van der Waals surface area contributed by atoms with E-state index in [0.717, 1.165) is 16.9 Å². The van der Waals surface area contributed by atoms with Crippen molar-refractivity contribution >= 4 is 35.2 Å². The number of nitrogens with one attached hydrogen (secondary N) is 1. The molecule has 0 aliphatic rings. The first-order valence-electron chi connectivity index (χ1n) is 11.9. The number of hydrogen-bond acceptors (Lipinski definition) is 3. The van der Waals surface area contributed by atoms with Crippen molar-refractivity contribution in [1.29, 1.82) is 0 Å². The van der Waals surface area contributed by atoms with Crippen molar-refractivity contribution in [2.24, 2.45) is 0 Å². The van der Waals surface area contributed by atoms with Gasteiger partial charge in [0.1, 0.15) is 6.04 Å². The van der Waals surface area contributed by atoms with E-state index in [0.29, 0.717) is 30.2 Å². The van der Waals surface area contributed by atoms with Crippen molar-refractivity contribution in [3.8, 4) is 0 Å². The summed E-state index contributed by atoms with van der Waals surface area (Å²) < 4.78 is 0. The van der Waals surface area contributed by atoms with Gasteiger partial charge in [0, 0.05) is 42.0 Å². The van der Waals surface area contributed by atoms with Crippen molar-refractivity contribution in [2.75, 3.05) is 5.75 Å². The Balaban J connectivity index is 1.79. The molecule has 0 radical (unpaired) electrons. The van der Waals surface area contributed by atoms with Gasteiger partial charge in [-0.15, -0.1) is 0 Å². The first-order valence-corrected chi connectivity index (χ1v) is 13.5. The summed E-state index contributed by atoms with van der Waals surface area (Å²) in [7, 11) is 0. The predicted molar refractivity (Wildman–Crippen MR) is 146 cm³/mol. The Morgan fingerprint density at radius 2 is 1.51 bits per heavy atom. The van der Waals surface area contributed by atoms with Crippen LogP contribution in [0.3, 0.4) is 0 Å². The van der Waals surface area contributed by atoms with Gasteiger partial charge >= 0.3 is 0 Å². The summed E-state index contributed by atoms with van der Waals surface area (Å²) >= 11 is 7.95. The number of hydrogen-bond donors (Lipinski definition) is 1. The van der Waals surface area contributed by atoms with Crippen LogP contribution < -0.4 is 5.32 Å². The second kappa shape index (κ2) is 14.0. The van der Waals surface area contributed by atoms with Gasteiger partial charge in [-0.2, -0.15) is 11.8 Å². The average Bonchev–Trinajstić information content (AvgIpc) is 2.85. The zero-order chi connectivity index (χ0) is 25.0. The van der Waals surface area contributed by atoms with Crippen LogP contribution in [0.25, 0.3) is 0 Å². The van der Waals surface area contributed by atoms with E-state index in [2.05, 4.69) is 17.4 Å². The summed E-state index contributed by atoms with van der Waals surface area (Å²) in [5, 5.41) is 3.63. The number of rotatable bonds is 12. The molecular weight excluding hydrogens is 476 g/mol. The molecule has 2 amide bonds. The third-order valence-electron chi connectivity index (χ3n) is 5.52. The van der Waals surface area contributed by atoms with Gasteiger partial charge in [-0.25, -0.2) is 0 Å². The summed E-state index contributed by atoms with van der Waals surface area (Å²) in [6.45, 7) is 4.19. The smallest absolute Gasteiger partial charge is 0.243 e. The van der Waals surface area contributed by atoms with Crippen LogP contribution in [0, 0.1) is 0 Å². The monoisotopic (exact) mass is 508 g/mol. The number of thioether (sulfide) groups is 1. The molecular formula is C29H33ClN2O2S. The molecule has 3 rings (SSSR count). The molecule has 1 N–H and O–H groups in total. The average molecular weight is 509 g/mol. The van der Waals surface area contributed by atoms with E-state index in [4.69, 9.17) is 11.6 Å². The standard InChI is InChI=1S/C29H33ClN2O2S/c1-22(2)31-29(34)27(19-23-10-5-3-6-11-23)32(20-25-14-9-15-26(30)18-25)28(33)16-17-35-21-24-12-7-4-8-13-24/h3-15,18,22,27H,16-17,19-21H2,1-2H3,(H,31,34)/t27-/m0/s1. The number of halogens is 1. The van der Waals surface area contributed by atoms with Crippen molar-refractivity contribution in [2.45, 2.75) is 51.1 Å².